The van der Waals surface area contributed by atoms with Crippen molar-refractivity contribution in [2.75, 3.05) is 7.11 Å². The van der Waals surface area contributed by atoms with Crippen molar-refractivity contribution in [1.82, 2.24) is 4.98 Å². The lowest BCUT2D eigenvalue weighted by atomic mass is 10.3. The molecule has 0 bridgehead atoms. The van der Waals surface area contributed by atoms with E-state index >= 15 is 0 Å². The largest absolute Gasteiger partial charge is 0.464 e. The predicted octanol–water partition coefficient (Wildman–Crippen LogP) is 3.56. The van der Waals surface area contributed by atoms with Crippen LogP contribution in [-0.4, -0.2) is 18.1 Å². The average molecular weight is 326 g/mol. The van der Waals surface area contributed by atoms with Crippen LogP contribution in [0.1, 0.15) is 10.5 Å². The van der Waals surface area contributed by atoms with E-state index in [2.05, 4.69) is 25.7 Å². The van der Waals surface area contributed by atoms with Crippen LogP contribution in [-0.2, 0) is 4.74 Å². The van der Waals surface area contributed by atoms with E-state index in [0.29, 0.717) is 16.0 Å². The third-order valence-electron chi connectivity index (χ3n) is 2.20. The second kappa shape index (κ2) is 5.79. The van der Waals surface area contributed by atoms with Gasteiger partial charge in [-0.15, -0.1) is 0 Å². The molecule has 0 spiro atoms. The Balaban J connectivity index is 2.25. The number of esters is 1. The van der Waals surface area contributed by atoms with E-state index in [-0.39, 0.29) is 5.69 Å². The summed E-state index contributed by atoms with van der Waals surface area (Å²) in [6, 6.07) is 7.15. The fourth-order valence-electron chi connectivity index (χ4n) is 1.41. The molecule has 0 aliphatic carbocycles. The maximum absolute atomic E-state index is 13.2. The summed E-state index contributed by atoms with van der Waals surface area (Å²) < 4.78 is 23.8. The van der Waals surface area contributed by atoms with Gasteiger partial charge in [0.25, 0.3) is 0 Å². The van der Waals surface area contributed by atoms with E-state index in [1.54, 1.807) is 12.1 Å². The smallest absolute Gasteiger partial charge is 0.356 e. The number of carbonyl (C=O) groups excluding carboxylic acids is 1. The van der Waals surface area contributed by atoms with E-state index in [9.17, 15) is 9.18 Å². The molecule has 6 heteroatoms. The predicted molar refractivity (Wildman–Crippen MR) is 69.8 cm³/mol. The minimum absolute atomic E-state index is 0.121. The highest BCUT2D eigenvalue weighted by molar-refractivity contribution is 9.10. The van der Waals surface area contributed by atoms with Gasteiger partial charge in [-0.3, -0.25) is 0 Å². The zero-order valence-electron chi connectivity index (χ0n) is 9.89. The SMILES string of the molecule is COC(=O)c1cc(Oc2cc(F)cc(Br)c2)ccn1. The van der Waals surface area contributed by atoms with Crippen molar-refractivity contribution >= 4 is 21.9 Å². The molecule has 1 aromatic heterocycles. The summed E-state index contributed by atoms with van der Waals surface area (Å²) in [5.74, 6) is -0.306. The lowest BCUT2D eigenvalue weighted by Crippen LogP contribution is -2.03. The van der Waals surface area contributed by atoms with Crippen molar-refractivity contribution in [2.24, 2.45) is 0 Å². The number of carbonyl (C=O) groups is 1. The molecule has 2 aromatic rings. The lowest BCUT2D eigenvalue weighted by molar-refractivity contribution is 0.0593. The number of benzene rings is 1. The highest BCUT2D eigenvalue weighted by Gasteiger charge is 2.09. The number of ether oxygens (including phenoxy) is 2. The van der Waals surface area contributed by atoms with Crippen LogP contribution in [0.25, 0.3) is 0 Å². The molecule has 0 fully saturated rings. The van der Waals surface area contributed by atoms with Crippen LogP contribution in [0.4, 0.5) is 4.39 Å². The van der Waals surface area contributed by atoms with Crippen molar-refractivity contribution in [2.45, 2.75) is 0 Å². The molecule has 98 valence electrons. The van der Waals surface area contributed by atoms with Gasteiger partial charge >= 0.3 is 5.97 Å². The Morgan fingerprint density at radius 2 is 2.05 bits per heavy atom. The monoisotopic (exact) mass is 325 g/mol. The number of methoxy groups -OCH3 is 1. The third kappa shape index (κ3) is 3.51. The number of pyridine rings is 1. The number of nitrogens with zero attached hydrogens (tertiary/aromatic N) is 1. The summed E-state index contributed by atoms with van der Waals surface area (Å²) >= 11 is 3.17. The number of rotatable bonds is 3. The van der Waals surface area contributed by atoms with Crippen LogP contribution in [0.2, 0.25) is 0 Å². The highest BCUT2D eigenvalue weighted by Crippen LogP contribution is 2.26. The summed E-state index contributed by atoms with van der Waals surface area (Å²) in [4.78, 5) is 15.2. The van der Waals surface area contributed by atoms with Gasteiger partial charge in [0.1, 0.15) is 17.3 Å². The fraction of sp³-hybridized carbons (Fsp3) is 0.0769. The number of aromatic nitrogens is 1. The van der Waals surface area contributed by atoms with E-state index in [0.717, 1.165) is 0 Å². The normalized spacial score (nSPS) is 10.1. The van der Waals surface area contributed by atoms with Crippen LogP contribution in [0, 0.1) is 5.82 Å². The molecular formula is C13H9BrFNO3. The first kappa shape index (κ1) is 13.5. The van der Waals surface area contributed by atoms with Gasteiger partial charge in [-0.25, -0.2) is 14.2 Å². The Kier molecular flexibility index (Phi) is 4.11. The zero-order chi connectivity index (χ0) is 13.8. The lowest BCUT2D eigenvalue weighted by Gasteiger charge is -2.07. The molecule has 0 saturated heterocycles. The molecule has 0 radical (unpaired) electrons. The molecule has 0 aliphatic heterocycles. The van der Waals surface area contributed by atoms with E-state index < -0.39 is 11.8 Å². The Labute approximate surface area is 117 Å². The number of hydrogen-bond acceptors (Lipinski definition) is 4. The zero-order valence-corrected chi connectivity index (χ0v) is 11.5. The fourth-order valence-corrected chi connectivity index (χ4v) is 1.86. The van der Waals surface area contributed by atoms with Crippen molar-refractivity contribution < 1.29 is 18.7 Å². The van der Waals surface area contributed by atoms with E-state index in [4.69, 9.17) is 4.74 Å². The van der Waals surface area contributed by atoms with Crippen LogP contribution in [0.15, 0.2) is 41.0 Å². The van der Waals surface area contributed by atoms with E-state index in [1.807, 2.05) is 0 Å². The Morgan fingerprint density at radius 3 is 2.74 bits per heavy atom. The van der Waals surface area contributed by atoms with Crippen LogP contribution in [0.3, 0.4) is 0 Å². The second-order valence-corrected chi connectivity index (χ2v) is 4.49. The summed E-state index contributed by atoms with van der Waals surface area (Å²) in [6.45, 7) is 0. The van der Waals surface area contributed by atoms with Gasteiger partial charge in [-0.2, -0.15) is 0 Å². The van der Waals surface area contributed by atoms with Crippen LogP contribution in [0.5, 0.6) is 11.5 Å². The highest BCUT2D eigenvalue weighted by atomic mass is 79.9. The Morgan fingerprint density at radius 1 is 1.26 bits per heavy atom. The van der Waals surface area contributed by atoms with Gasteiger partial charge < -0.3 is 9.47 Å². The molecule has 0 atom stereocenters. The van der Waals surface area contributed by atoms with E-state index in [1.165, 1.54) is 31.5 Å². The first-order chi connectivity index (χ1) is 9.08. The average Bonchev–Trinajstić information content (AvgIpc) is 2.37. The molecule has 2 rings (SSSR count). The number of halogens is 2. The summed E-state index contributed by atoms with van der Waals surface area (Å²) in [5.41, 5.74) is 0.121. The van der Waals surface area contributed by atoms with Gasteiger partial charge in [-0.05, 0) is 18.2 Å². The number of hydrogen-bond donors (Lipinski definition) is 0. The first-order valence-electron chi connectivity index (χ1n) is 5.27. The van der Waals surface area contributed by atoms with Gasteiger partial charge in [0, 0.05) is 22.8 Å². The molecule has 0 saturated carbocycles. The van der Waals surface area contributed by atoms with Crippen molar-refractivity contribution in [3.63, 3.8) is 0 Å². The van der Waals surface area contributed by atoms with Crippen molar-refractivity contribution in [1.29, 1.82) is 0 Å². The summed E-state index contributed by atoms with van der Waals surface area (Å²) in [7, 11) is 1.27. The maximum atomic E-state index is 13.2. The topological polar surface area (TPSA) is 48.4 Å². The molecule has 0 unspecified atom stereocenters. The van der Waals surface area contributed by atoms with Crippen molar-refractivity contribution in [3.05, 3.63) is 52.5 Å². The van der Waals surface area contributed by atoms with Gasteiger partial charge in [-0.1, -0.05) is 15.9 Å². The molecule has 0 N–H and O–H groups in total. The third-order valence-corrected chi connectivity index (χ3v) is 2.66. The molecule has 0 aliphatic rings. The van der Waals surface area contributed by atoms with Crippen molar-refractivity contribution in [3.8, 4) is 11.5 Å². The Bertz CT molecular complexity index is 598. The minimum atomic E-state index is -0.564. The molecule has 19 heavy (non-hydrogen) atoms. The molecule has 0 amide bonds. The standard InChI is InChI=1S/C13H9BrFNO3/c1-18-13(17)12-7-10(2-3-16-12)19-11-5-8(14)4-9(15)6-11/h2-7H,1H3. The van der Waals surface area contributed by atoms with Gasteiger partial charge in [0.05, 0.1) is 7.11 Å². The molecule has 1 heterocycles. The summed E-state index contributed by atoms with van der Waals surface area (Å²) in [6.07, 6.45) is 1.41. The van der Waals surface area contributed by atoms with Gasteiger partial charge in [0.2, 0.25) is 0 Å². The molecule has 4 nitrogen and oxygen atoms in total. The quantitative estimate of drug-likeness (QED) is 0.809. The maximum Gasteiger partial charge on any atom is 0.356 e. The van der Waals surface area contributed by atoms with Crippen LogP contribution >= 0.6 is 15.9 Å². The van der Waals surface area contributed by atoms with Crippen LogP contribution < -0.4 is 4.74 Å². The molecule has 1 aromatic carbocycles. The van der Waals surface area contributed by atoms with Gasteiger partial charge in [0.15, 0.2) is 5.69 Å². The Hall–Kier alpha value is -1.95. The molecular weight excluding hydrogens is 317 g/mol. The second-order valence-electron chi connectivity index (χ2n) is 3.58. The summed E-state index contributed by atoms with van der Waals surface area (Å²) in [5, 5.41) is 0. The minimum Gasteiger partial charge on any atom is -0.464 e. The first-order valence-corrected chi connectivity index (χ1v) is 6.06.